The molecule has 1 saturated heterocycles. The lowest BCUT2D eigenvalue weighted by atomic mass is 10.1. The van der Waals surface area contributed by atoms with Gasteiger partial charge in [0.1, 0.15) is 0 Å². The molecular formula is C16H26N4O. The number of nitrogens with zero attached hydrogens (tertiary/aromatic N) is 3. The minimum Gasteiger partial charge on any atom is -0.397 e. The number of hydrogen-bond donors (Lipinski definition) is 1. The highest BCUT2D eigenvalue weighted by Gasteiger charge is 2.27. The van der Waals surface area contributed by atoms with Crippen LogP contribution in [-0.2, 0) is 0 Å². The maximum atomic E-state index is 12.1. The van der Waals surface area contributed by atoms with Gasteiger partial charge in [-0.15, -0.1) is 0 Å². The molecule has 0 aromatic heterocycles. The van der Waals surface area contributed by atoms with Crippen LogP contribution < -0.4 is 10.6 Å². The number of carbonyl (C=O) groups is 1. The molecule has 0 radical (unpaired) electrons. The standard InChI is InChI=1S/C16H26N4O/c1-18(2)11-13-6-5-9-20(13)15-10-12(7-8-14(15)17)16(21)19(3)4/h7-8,10,13H,5-6,9,11,17H2,1-4H3. The van der Waals surface area contributed by atoms with Gasteiger partial charge in [0.25, 0.3) is 5.91 Å². The molecule has 1 aromatic carbocycles. The molecule has 0 bridgehead atoms. The zero-order chi connectivity index (χ0) is 15.6. The van der Waals surface area contributed by atoms with Gasteiger partial charge in [0.15, 0.2) is 0 Å². The number of benzene rings is 1. The first kappa shape index (κ1) is 15.6. The lowest BCUT2D eigenvalue weighted by molar-refractivity contribution is 0.0827. The Morgan fingerprint density at radius 1 is 1.33 bits per heavy atom. The first-order chi connectivity index (χ1) is 9.90. The number of anilines is 2. The van der Waals surface area contributed by atoms with Crippen LogP contribution in [0.15, 0.2) is 18.2 Å². The van der Waals surface area contributed by atoms with Gasteiger partial charge in [-0.25, -0.2) is 0 Å². The summed E-state index contributed by atoms with van der Waals surface area (Å²) in [4.78, 5) is 18.3. The fourth-order valence-electron chi connectivity index (χ4n) is 2.95. The van der Waals surface area contributed by atoms with E-state index in [2.05, 4.69) is 23.9 Å². The Balaban J connectivity index is 2.29. The molecule has 21 heavy (non-hydrogen) atoms. The Bertz CT molecular complexity index is 513. The van der Waals surface area contributed by atoms with Crippen molar-refractivity contribution in [2.75, 3.05) is 51.9 Å². The molecule has 116 valence electrons. The molecule has 2 rings (SSSR count). The summed E-state index contributed by atoms with van der Waals surface area (Å²) in [5.74, 6) is 0.0135. The summed E-state index contributed by atoms with van der Waals surface area (Å²) in [6.07, 6.45) is 2.34. The normalized spacial score (nSPS) is 18.3. The summed E-state index contributed by atoms with van der Waals surface area (Å²) in [5, 5.41) is 0. The van der Waals surface area contributed by atoms with Crippen LogP contribution in [0.25, 0.3) is 0 Å². The maximum Gasteiger partial charge on any atom is 0.253 e. The fraction of sp³-hybridized carbons (Fsp3) is 0.562. The number of carbonyl (C=O) groups excluding carboxylic acids is 1. The van der Waals surface area contributed by atoms with Crippen molar-refractivity contribution in [2.24, 2.45) is 0 Å². The second-order valence-electron chi connectivity index (χ2n) is 6.22. The van der Waals surface area contributed by atoms with E-state index in [-0.39, 0.29) is 5.91 Å². The molecule has 0 aliphatic carbocycles. The van der Waals surface area contributed by atoms with E-state index < -0.39 is 0 Å². The van der Waals surface area contributed by atoms with Crippen molar-refractivity contribution < 1.29 is 4.79 Å². The molecule has 0 saturated carbocycles. The minimum absolute atomic E-state index is 0.0135. The Hall–Kier alpha value is -1.75. The molecular weight excluding hydrogens is 264 g/mol. The zero-order valence-corrected chi connectivity index (χ0v) is 13.5. The molecule has 1 unspecified atom stereocenters. The molecule has 1 aromatic rings. The van der Waals surface area contributed by atoms with Gasteiger partial charge in [-0.2, -0.15) is 0 Å². The van der Waals surface area contributed by atoms with E-state index in [0.717, 1.165) is 24.5 Å². The van der Waals surface area contributed by atoms with Gasteiger partial charge in [0, 0.05) is 38.8 Å². The topological polar surface area (TPSA) is 52.8 Å². The van der Waals surface area contributed by atoms with Crippen LogP contribution in [0, 0.1) is 0 Å². The highest BCUT2D eigenvalue weighted by Crippen LogP contribution is 2.31. The Morgan fingerprint density at radius 3 is 2.67 bits per heavy atom. The minimum atomic E-state index is 0.0135. The summed E-state index contributed by atoms with van der Waals surface area (Å²) >= 11 is 0. The predicted molar refractivity (Wildman–Crippen MR) is 87.8 cm³/mol. The van der Waals surface area contributed by atoms with Gasteiger partial charge in [-0.05, 0) is 45.1 Å². The third-order valence-corrected chi connectivity index (χ3v) is 3.95. The molecule has 5 heteroatoms. The summed E-state index contributed by atoms with van der Waals surface area (Å²) in [6.45, 7) is 2.01. The number of likely N-dealkylation sites (N-methyl/N-ethyl adjacent to an activating group) is 1. The number of nitrogen functional groups attached to an aromatic ring is 1. The first-order valence-corrected chi connectivity index (χ1v) is 7.42. The first-order valence-electron chi connectivity index (χ1n) is 7.42. The van der Waals surface area contributed by atoms with E-state index in [1.54, 1.807) is 25.1 Å². The monoisotopic (exact) mass is 290 g/mol. The second kappa shape index (κ2) is 6.35. The van der Waals surface area contributed by atoms with Crippen LogP contribution >= 0.6 is 0 Å². The molecule has 1 fully saturated rings. The van der Waals surface area contributed by atoms with E-state index in [1.807, 2.05) is 12.1 Å². The summed E-state index contributed by atoms with van der Waals surface area (Å²) < 4.78 is 0. The van der Waals surface area contributed by atoms with Gasteiger partial charge < -0.3 is 20.4 Å². The van der Waals surface area contributed by atoms with E-state index in [0.29, 0.717) is 11.6 Å². The molecule has 1 atom stereocenters. The maximum absolute atomic E-state index is 12.1. The highest BCUT2D eigenvalue weighted by molar-refractivity contribution is 5.96. The molecule has 1 amide bonds. The average Bonchev–Trinajstić information content (AvgIpc) is 2.85. The number of nitrogens with two attached hydrogens (primary N) is 1. The van der Waals surface area contributed by atoms with E-state index in [9.17, 15) is 4.79 Å². The lowest BCUT2D eigenvalue weighted by Gasteiger charge is -2.30. The van der Waals surface area contributed by atoms with E-state index in [4.69, 9.17) is 5.73 Å². The number of rotatable bonds is 4. The van der Waals surface area contributed by atoms with Gasteiger partial charge in [-0.1, -0.05) is 0 Å². The van der Waals surface area contributed by atoms with E-state index in [1.165, 1.54) is 12.8 Å². The smallest absolute Gasteiger partial charge is 0.253 e. The number of amides is 1. The molecule has 1 aliphatic heterocycles. The van der Waals surface area contributed by atoms with Crippen LogP contribution in [0.4, 0.5) is 11.4 Å². The van der Waals surface area contributed by atoms with Crippen molar-refractivity contribution in [1.82, 2.24) is 9.80 Å². The van der Waals surface area contributed by atoms with Crippen LogP contribution in [0.1, 0.15) is 23.2 Å². The Morgan fingerprint density at radius 2 is 2.05 bits per heavy atom. The van der Waals surface area contributed by atoms with Crippen molar-refractivity contribution in [1.29, 1.82) is 0 Å². The van der Waals surface area contributed by atoms with Crippen LogP contribution in [-0.4, -0.2) is 63.0 Å². The molecule has 1 heterocycles. The van der Waals surface area contributed by atoms with Crippen molar-refractivity contribution in [3.8, 4) is 0 Å². The predicted octanol–water partition coefficient (Wildman–Crippen LogP) is 1.50. The zero-order valence-electron chi connectivity index (χ0n) is 13.5. The van der Waals surface area contributed by atoms with Crippen molar-refractivity contribution in [2.45, 2.75) is 18.9 Å². The van der Waals surface area contributed by atoms with Gasteiger partial charge >= 0.3 is 0 Å². The van der Waals surface area contributed by atoms with Crippen molar-refractivity contribution >= 4 is 17.3 Å². The summed E-state index contributed by atoms with van der Waals surface area (Å²) in [6, 6.07) is 6.05. The molecule has 5 nitrogen and oxygen atoms in total. The SMILES string of the molecule is CN(C)CC1CCCN1c1cc(C(=O)N(C)C)ccc1N. The number of hydrogen-bond acceptors (Lipinski definition) is 4. The largest absolute Gasteiger partial charge is 0.397 e. The van der Waals surface area contributed by atoms with Gasteiger partial charge in [0.2, 0.25) is 0 Å². The quantitative estimate of drug-likeness (QED) is 0.854. The van der Waals surface area contributed by atoms with Crippen molar-refractivity contribution in [3.63, 3.8) is 0 Å². The molecule has 2 N–H and O–H groups in total. The Kier molecular flexibility index (Phi) is 4.73. The molecule has 1 aliphatic rings. The van der Waals surface area contributed by atoms with Crippen molar-refractivity contribution in [3.05, 3.63) is 23.8 Å². The molecule has 0 spiro atoms. The third-order valence-electron chi connectivity index (χ3n) is 3.95. The summed E-state index contributed by atoms with van der Waals surface area (Å²) in [5.41, 5.74) is 8.59. The van der Waals surface area contributed by atoms with Crippen LogP contribution in [0.2, 0.25) is 0 Å². The fourth-order valence-corrected chi connectivity index (χ4v) is 2.95. The lowest BCUT2D eigenvalue weighted by Crippen LogP contribution is -2.38. The average molecular weight is 290 g/mol. The van der Waals surface area contributed by atoms with E-state index >= 15 is 0 Å². The third kappa shape index (κ3) is 3.47. The Labute approximate surface area is 127 Å². The van der Waals surface area contributed by atoms with Gasteiger partial charge in [0.05, 0.1) is 11.4 Å². The van der Waals surface area contributed by atoms with Gasteiger partial charge in [-0.3, -0.25) is 4.79 Å². The van der Waals surface area contributed by atoms with Crippen LogP contribution in [0.3, 0.4) is 0 Å². The highest BCUT2D eigenvalue weighted by atomic mass is 16.2. The second-order valence-corrected chi connectivity index (χ2v) is 6.22. The van der Waals surface area contributed by atoms with Crippen LogP contribution in [0.5, 0.6) is 0 Å². The summed E-state index contributed by atoms with van der Waals surface area (Å²) in [7, 11) is 7.71.